The average molecular weight is 220 g/mol. The van der Waals surface area contributed by atoms with Gasteiger partial charge in [-0.25, -0.2) is 0 Å². The van der Waals surface area contributed by atoms with Crippen molar-refractivity contribution in [2.24, 2.45) is 0 Å². The van der Waals surface area contributed by atoms with Crippen LogP contribution in [0.1, 0.15) is 66.7 Å². The Morgan fingerprint density at radius 1 is 0.938 bits per heavy atom. The van der Waals surface area contributed by atoms with Crippen LogP contribution in [-0.2, 0) is 0 Å². The lowest BCUT2D eigenvalue weighted by Gasteiger charge is -2.08. The van der Waals surface area contributed by atoms with Crippen molar-refractivity contribution in [1.29, 1.82) is 0 Å². The van der Waals surface area contributed by atoms with Crippen molar-refractivity contribution in [2.45, 2.75) is 66.7 Å². The summed E-state index contributed by atoms with van der Waals surface area (Å²) in [6, 6.07) is 0. The lowest BCUT2D eigenvalue weighted by atomic mass is 9.98. The molecule has 0 nitrogen and oxygen atoms in total. The Bertz CT molecular complexity index is 264. The fraction of sp³-hybridized carbons (Fsp3) is 0.625. The molecule has 0 saturated carbocycles. The molecule has 0 aromatic heterocycles. The quantitative estimate of drug-likeness (QED) is 0.474. The molecule has 0 heteroatoms. The van der Waals surface area contributed by atoms with E-state index in [9.17, 15) is 0 Å². The number of hydrogen-bond acceptors (Lipinski definition) is 0. The maximum Gasteiger partial charge on any atom is -0.0109 e. The van der Waals surface area contributed by atoms with Crippen LogP contribution < -0.4 is 0 Å². The topological polar surface area (TPSA) is 0 Å². The van der Waals surface area contributed by atoms with E-state index in [0.717, 1.165) is 12.8 Å². The monoisotopic (exact) mass is 220 g/mol. The van der Waals surface area contributed by atoms with Crippen molar-refractivity contribution in [3.05, 3.63) is 34.9 Å². The Morgan fingerprint density at radius 3 is 1.94 bits per heavy atom. The van der Waals surface area contributed by atoms with E-state index >= 15 is 0 Å². The standard InChI is InChI=1S/C16H28/c1-6-10-15(8-3)13-16(9-4)12-11-14(5)7-2/h7,10,12H,6,8-9,11,13H2,1-5H3. The predicted molar refractivity (Wildman–Crippen MR) is 75.7 cm³/mol. The van der Waals surface area contributed by atoms with Crippen LogP contribution in [0.2, 0.25) is 0 Å². The van der Waals surface area contributed by atoms with Crippen LogP contribution in [0.5, 0.6) is 0 Å². The third-order valence-corrected chi connectivity index (χ3v) is 3.06. The first-order chi connectivity index (χ1) is 7.67. The average Bonchev–Trinajstić information content (AvgIpc) is 2.32. The largest absolute Gasteiger partial charge is 0.0884 e. The van der Waals surface area contributed by atoms with Crippen molar-refractivity contribution in [2.75, 3.05) is 0 Å². The van der Waals surface area contributed by atoms with E-state index in [-0.39, 0.29) is 0 Å². The van der Waals surface area contributed by atoms with Crippen LogP contribution in [0.25, 0.3) is 0 Å². The molecule has 0 aliphatic rings. The fourth-order valence-corrected chi connectivity index (χ4v) is 1.69. The number of rotatable bonds is 7. The maximum absolute atomic E-state index is 2.41. The van der Waals surface area contributed by atoms with Gasteiger partial charge in [0.1, 0.15) is 0 Å². The zero-order valence-corrected chi connectivity index (χ0v) is 11.8. The lowest BCUT2D eigenvalue weighted by molar-refractivity contribution is 0.910. The van der Waals surface area contributed by atoms with E-state index in [4.69, 9.17) is 0 Å². The molecule has 0 amide bonds. The Morgan fingerprint density at radius 2 is 1.50 bits per heavy atom. The van der Waals surface area contributed by atoms with Gasteiger partial charge in [-0.3, -0.25) is 0 Å². The van der Waals surface area contributed by atoms with Crippen LogP contribution in [0.3, 0.4) is 0 Å². The predicted octanol–water partition coefficient (Wildman–Crippen LogP) is 5.82. The molecule has 0 saturated heterocycles. The number of allylic oxidation sites excluding steroid dienone is 6. The van der Waals surface area contributed by atoms with Gasteiger partial charge in [-0.2, -0.15) is 0 Å². The van der Waals surface area contributed by atoms with Gasteiger partial charge in [-0.15, -0.1) is 0 Å². The molecule has 0 aliphatic carbocycles. The fourth-order valence-electron chi connectivity index (χ4n) is 1.69. The van der Waals surface area contributed by atoms with E-state index in [1.54, 1.807) is 11.1 Å². The zero-order chi connectivity index (χ0) is 12.4. The molecule has 0 radical (unpaired) electrons. The molecule has 0 fully saturated rings. The van der Waals surface area contributed by atoms with Crippen LogP contribution in [0.15, 0.2) is 34.9 Å². The smallest absolute Gasteiger partial charge is 0.0109 e. The van der Waals surface area contributed by atoms with Crippen molar-refractivity contribution in [3.63, 3.8) is 0 Å². The lowest BCUT2D eigenvalue weighted by Crippen LogP contribution is -1.88. The highest BCUT2D eigenvalue weighted by Gasteiger charge is 1.99. The molecule has 0 aromatic rings. The second kappa shape index (κ2) is 9.45. The third kappa shape index (κ3) is 6.66. The summed E-state index contributed by atoms with van der Waals surface area (Å²) in [7, 11) is 0. The Hall–Kier alpha value is -0.780. The Kier molecular flexibility index (Phi) is 8.99. The molecular formula is C16H28. The van der Waals surface area contributed by atoms with Gasteiger partial charge in [-0.05, 0) is 46.0 Å². The molecule has 0 spiro atoms. The third-order valence-electron chi connectivity index (χ3n) is 3.06. The normalized spacial score (nSPS) is 14.4. The highest BCUT2D eigenvalue weighted by Crippen LogP contribution is 2.19. The molecule has 0 bridgehead atoms. The first-order valence-electron chi connectivity index (χ1n) is 6.65. The highest BCUT2D eigenvalue weighted by molar-refractivity contribution is 5.17. The second-order valence-electron chi connectivity index (χ2n) is 4.36. The molecule has 0 aliphatic heterocycles. The molecule has 0 N–H and O–H groups in total. The minimum Gasteiger partial charge on any atom is -0.0884 e. The van der Waals surface area contributed by atoms with Gasteiger partial charge >= 0.3 is 0 Å². The van der Waals surface area contributed by atoms with Crippen molar-refractivity contribution in [3.8, 4) is 0 Å². The summed E-state index contributed by atoms with van der Waals surface area (Å²) < 4.78 is 0. The van der Waals surface area contributed by atoms with Gasteiger partial charge in [0.25, 0.3) is 0 Å². The van der Waals surface area contributed by atoms with Gasteiger partial charge in [0.2, 0.25) is 0 Å². The van der Waals surface area contributed by atoms with E-state index in [1.807, 2.05) is 0 Å². The van der Waals surface area contributed by atoms with Gasteiger partial charge in [0.05, 0.1) is 0 Å². The van der Waals surface area contributed by atoms with E-state index < -0.39 is 0 Å². The summed E-state index contributed by atoms with van der Waals surface area (Å²) in [6.45, 7) is 11.0. The molecule has 0 unspecified atom stereocenters. The van der Waals surface area contributed by atoms with Crippen LogP contribution in [0.4, 0.5) is 0 Å². The SMILES string of the molecule is CC=C(C)CC=C(CC)CC(=CCC)CC. The van der Waals surface area contributed by atoms with Gasteiger partial charge in [-0.1, -0.05) is 55.7 Å². The van der Waals surface area contributed by atoms with Crippen LogP contribution in [0, 0.1) is 0 Å². The van der Waals surface area contributed by atoms with Crippen molar-refractivity contribution >= 4 is 0 Å². The molecule has 16 heavy (non-hydrogen) atoms. The number of hydrogen-bond donors (Lipinski definition) is 0. The highest BCUT2D eigenvalue weighted by atomic mass is 14.0. The van der Waals surface area contributed by atoms with Crippen LogP contribution >= 0.6 is 0 Å². The maximum atomic E-state index is 2.41. The first kappa shape index (κ1) is 15.2. The summed E-state index contributed by atoms with van der Waals surface area (Å²) in [6.07, 6.45) is 12.8. The Balaban J connectivity index is 4.44. The summed E-state index contributed by atoms with van der Waals surface area (Å²) in [5, 5.41) is 0. The first-order valence-corrected chi connectivity index (χ1v) is 6.65. The van der Waals surface area contributed by atoms with Gasteiger partial charge < -0.3 is 0 Å². The zero-order valence-electron chi connectivity index (χ0n) is 11.8. The molecule has 0 rings (SSSR count). The molecule has 0 atom stereocenters. The van der Waals surface area contributed by atoms with E-state index in [1.165, 1.54) is 24.8 Å². The summed E-state index contributed by atoms with van der Waals surface area (Å²) in [5.74, 6) is 0. The second-order valence-corrected chi connectivity index (χ2v) is 4.36. The summed E-state index contributed by atoms with van der Waals surface area (Å²) in [5.41, 5.74) is 4.64. The minimum absolute atomic E-state index is 1.11. The molecule has 0 aromatic carbocycles. The van der Waals surface area contributed by atoms with E-state index in [0.29, 0.717) is 0 Å². The van der Waals surface area contributed by atoms with Crippen molar-refractivity contribution in [1.82, 2.24) is 0 Å². The van der Waals surface area contributed by atoms with E-state index in [2.05, 4.69) is 52.8 Å². The Labute approximate surface area is 102 Å². The minimum atomic E-state index is 1.11. The van der Waals surface area contributed by atoms with Crippen LogP contribution in [-0.4, -0.2) is 0 Å². The van der Waals surface area contributed by atoms with Crippen molar-refractivity contribution < 1.29 is 0 Å². The van der Waals surface area contributed by atoms with Gasteiger partial charge in [0, 0.05) is 0 Å². The summed E-state index contributed by atoms with van der Waals surface area (Å²) >= 11 is 0. The molecule has 0 heterocycles. The molecular weight excluding hydrogens is 192 g/mol. The van der Waals surface area contributed by atoms with Gasteiger partial charge in [0.15, 0.2) is 0 Å². The summed E-state index contributed by atoms with van der Waals surface area (Å²) in [4.78, 5) is 0. The molecule has 92 valence electrons.